The molecule has 0 fully saturated rings. The quantitative estimate of drug-likeness (QED) is 0.585. The zero-order chi connectivity index (χ0) is 10.7. The number of rotatable bonds is 3. The Morgan fingerprint density at radius 2 is 2.07 bits per heavy atom. The van der Waals surface area contributed by atoms with Crippen molar-refractivity contribution >= 4 is 59.0 Å². The molecule has 0 aromatic heterocycles. The van der Waals surface area contributed by atoms with Crippen molar-refractivity contribution in [2.24, 2.45) is 0 Å². The average Bonchev–Trinajstić information content (AvgIpc) is 2.01. The molecule has 1 N–H and O–H groups in total. The van der Waals surface area contributed by atoms with E-state index in [4.69, 9.17) is 5.11 Å². The Balaban J connectivity index is 3.24. The van der Waals surface area contributed by atoms with Crippen LogP contribution in [-0.4, -0.2) is 11.1 Å². The van der Waals surface area contributed by atoms with Gasteiger partial charge in [0, 0.05) is 8.95 Å². The number of hydrogen-bond acceptors (Lipinski definition) is 2. The first kappa shape index (κ1) is 12.3. The number of carboxylic acids is 1. The molecule has 0 aliphatic heterocycles. The van der Waals surface area contributed by atoms with Gasteiger partial charge in [0.15, 0.2) is 21.2 Å². The summed E-state index contributed by atoms with van der Waals surface area (Å²) in [6, 6.07) is 3.45. The fourth-order valence-electron chi connectivity index (χ4n) is 0.987. The van der Waals surface area contributed by atoms with E-state index in [9.17, 15) is 7.86 Å². The van der Waals surface area contributed by atoms with Crippen LogP contribution in [0, 0.1) is 3.57 Å². The molecule has 0 aliphatic rings. The van der Waals surface area contributed by atoms with E-state index in [1.807, 2.05) is 0 Å². The fourth-order valence-corrected chi connectivity index (χ4v) is 3.71. The van der Waals surface area contributed by atoms with Gasteiger partial charge in [0.1, 0.15) is 0 Å². The SMILES string of the molecule is O=Ic1c(Br)cc(Br)cc1CC(=O)O. The van der Waals surface area contributed by atoms with Crippen molar-refractivity contribution in [3.05, 3.63) is 30.2 Å². The normalized spacial score (nSPS) is 10.1. The van der Waals surface area contributed by atoms with Gasteiger partial charge >= 0.3 is 5.97 Å². The Hall–Kier alpha value is 0.180. The van der Waals surface area contributed by atoms with Crippen molar-refractivity contribution in [3.8, 4) is 0 Å². The van der Waals surface area contributed by atoms with Crippen LogP contribution in [0.15, 0.2) is 21.1 Å². The van der Waals surface area contributed by atoms with E-state index in [0.717, 1.165) is 4.47 Å². The maximum Gasteiger partial charge on any atom is 0.307 e. The lowest BCUT2D eigenvalue weighted by molar-refractivity contribution is -0.136. The maximum atomic E-state index is 10.9. The summed E-state index contributed by atoms with van der Waals surface area (Å²) in [5, 5.41) is 8.65. The number of benzene rings is 1. The predicted octanol–water partition coefficient (Wildman–Crippen LogP) is 3.32. The summed E-state index contributed by atoms with van der Waals surface area (Å²) < 4.78 is 13.0. The van der Waals surface area contributed by atoms with E-state index in [2.05, 4.69) is 31.9 Å². The highest BCUT2D eigenvalue weighted by molar-refractivity contribution is 14.1. The van der Waals surface area contributed by atoms with Gasteiger partial charge in [-0.3, -0.25) is 7.86 Å². The van der Waals surface area contributed by atoms with Gasteiger partial charge in [-0.25, -0.2) is 0 Å². The molecule has 0 saturated carbocycles. The Labute approximate surface area is 108 Å². The monoisotopic (exact) mass is 434 g/mol. The lowest BCUT2D eigenvalue weighted by atomic mass is 10.2. The van der Waals surface area contributed by atoms with Crippen LogP contribution in [0.1, 0.15) is 5.56 Å². The van der Waals surface area contributed by atoms with Crippen LogP contribution < -0.4 is 0 Å². The molecule has 0 spiro atoms. The summed E-state index contributed by atoms with van der Waals surface area (Å²) in [5.74, 6) is -0.922. The van der Waals surface area contributed by atoms with Crippen LogP contribution in [0.4, 0.5) is 0 Å². The van der Waals surface area contributed by atoms with Crippen molar-refractivity contribution in [2.45, 2.75) is 6.42 Å². The highest BCUT2D eigenvalue weighted by Crippen LogP contribution is 2.29. The van der Waals surface area contributed by atoms with Crippen LogP contribution in [-0.2, 0) is 14.3 Å². The fraction of sp³-hybridized carbons (Fsp3) is 0.125. The number of aliphatic carboxylic acids is 1. The number of halogens is 3. The lowest BCUT2D eigenvalue weighted by Crippen LogP contribution is -2.02. The minimum atomic E-state index is -1.36. The molecule has 6 heteroatoms. The van der Waals surface area contributed by atoms with Crippen LogP contribution >= 0.6 is 53.1 Å². The molecule has 0 atom stereocenters. The molecule has 0 aliphatic carbocycles. The second-order valence-corrected chi connectivity index (χ2v) is 5.80. The molecule has 0 unspecified atom stereocenters. The summed E-state index contributed by atoms with van der Waals surface area (Å²) in [6.45, 7) is 0. The number of hydrogen-bond donors (Lipinski definition) is 1. The molecule has 0 amide bonds. The third kappa shape index (κ3) is 3.09. The first-order valence-electron chi connectivity index (χ1n) is 3.51. The van der Waals surface area contributed by atoms with Gasteiger partial charge in [-0.15, -0.1) is 0 Å². The third-order valence-electron chi connectivity index (χ3n) is 1.49. The molecule has 1 rings (SSSR count). The van der Waals surface area contributed by atoms with Gasteiger partial charge in [0.05, 0.1) is 9.99 Å². The van der Waals surface area contributed by atoms with E-state index in [1.165, 1.54) is 0 Å². The van der Waals surface area contributed by atoms with Crippen molar-refractivity contribution in [2.75, 3.05) is 0 Å². The lowest BCUT2D eigenvalue weighted by Gasteiger charge is -2.04. The van der Waals surface area contributed by atoms with Gasteiger partial charge in [0.2, 0.25) is 0 Å². The summed E-state index contributed by atoms with van der Waals surface area (Å²) >= 11 is 5.15. The Bertz CT molecular complexity index is 392. The van der Waals surface area contributed by atoms with Crippen LogP contribution in [0.3, 0.4) is 0 Å². The Morgan fingerprint density at radius 1 is 1.43 bits per heavy atom. The Kier molecular flexibility index (Phi) is 4.65. The largest absolute Gasteiger partial charge is 0.481 e. The van der Waals surface area contributed by atoms with Crippen molar-refractivity contribution < 1.29 is 13.0 Å². The minimum Gasteiger partial charge on any atom is -0.481 e. The summed E-state index contributed by atoms with van der Waals surface area (Å²) in [4.78, 5) is 10.5. The molecule has 0 heterocycles. The van der Waals surface area contributed by atoms with Crippen LogP contribution in [0.25, 0.3) is 0 Å². The predicted molar refractivity (Wildman–Crippen MR) is 66.6 cm³/mol. The third-order valence-corrected chi connectivity index (χ3v) is 5.03. The molecule has 0 radical (unpaired) electrons. The second-order valence-electron chi connectivity index (χ2n) is 2.51. The molecule has 0 bridgehead atoms. The van der Waals surface area contributed by atoms with E-state index in [0.29, 0.717) is 13.6 Å². The van der Waals surface area contributed by atoms with E-state index < -0.39 is 27.2 Å². The number of carbonyl (C=O) groups is 1. The standard InChI is InChI=1S/C8H5Br2IO3/c9-5-1-4(2-7(12)13)8(11-14)6(10)3-5/h1,3H,2H2,(H,12,13). The molecular formula is C8H5Br2IO3. The van der Waals surface area contributed by atoms with Gasteiger partial charge in [-0.05, 0) is 33.6 Å². The van der Waals surface area contributed by atoms with Crippen LogP contribution in [0.5, 0.6) is 0 Å². The number of carboxylic acid groups (broad SMARTS) is 1. The zero-order valence-electron chi connectivity index (χ0n) is 6.76. The molecular weight excluding hydrogens is 431 g/mol. The first-order chi connectivity index (χ1) is 6.54. The molecule has 1 aromatic carbocycles. The highest BCUT2D eigenvalue weighted by atomic mass is 127. The van der Waals surface area contributed by atoms with Gasteiger partial charge in [-0.1, -0.05) is 15.9 Å². The maximum absolute atomic E-state index is 10.9. The van der Waals surface area contributed by atoms with E-state index in [-0.39, 0.29) is 6.42 Å². The smallest absolute Gasteiger partial charge is 0.307 e. The summed E-state index contributed by atoms with van der Waals surface area (Å²) in [6.07, 6.45) is -0.102. The summed E-state index contributed by atoms with van der Waals surface area (Å²) in [7, 11) is 0. The van der Waals surface area contributed by atoms with Gasteiger partial charge in [-0.2, -0.15) is 0 Å². The minimum absolute atomic E-state index is 0.102. The van der Waals surface area contributed by atoms with E-state index >= 15 is 0 Å². The van der Waals surface area contributed by atoms with Crippen molar-refractivity contribution in [1.82, 2.24) is 0 Å². The van der Waals surface area contributed by atoms with E-state index in [1.54, 1.807) is 12.1 Å². The zero-order valence-corrected chi connectivity index (χ0v) is 12.1. The Morgan fingerprint density at radius 3 is 2.57 bits per heavy atom. The van der Waals surface area contributed by atoms with Gasteiger partial charge < -0.3 is 5.11 Å². The van der Waals surface area contributed by atoms with Crippen molar-refractivity contribution in [3.63, 3.8) is 0 Å². The van der Waals surface area contributed by atoms with Gasteiger partial charge in [0.25, 0.3) is 0 Å². The second kappa shape index (κ2) is 5.32. The topological polar surface area (TPSA) is 54.4 Å². The molecule has 14 heavy (non-hydrogen) atoms. The molecule has 1 aromatic rings. The molecule has 3 nitrogen and oxygen atoms in total. The highest BCUT2D eigenvalue weighted by Gasteiger charge is 2.11. The molecule has 76 valence electrons. The summed E-state index contributed by atoms with van der Waals surface area (Å²) in [5.41, 5.74) is 0.599. The van der Waals surface area contributed by atoms with Crippen molar-refractivity contribution in [1.29, 1.82) is 0 Å². The molecule has 0 saturated heterocycles. The first-order valence-corrected chi connectivity index (χ1v) is 7.06. The van der Waals surface area contributed by atoms with Crippen LogP contribution in [0.2, 0.25) is 0 Å². The average molecular weight is 436 g/mol.